The molecule has 0 atom stereocenters. The average molecular weight is 307 g/mol. The molecule has 14 radical (unpaired) electrons. The lowest BCUT2D eigenvalue weighted by Crippen LogP contribution is -2.48. The third-order valence-electron chi connectivity index (χ3n) is 4.80. The Morgan fingerprint density at radius 1 is 0.480 bits per heavy atom. The molecule has 0 aromatic heterocycles. The van der Waals surface area contributed by atoms with Gasteiger partial charge in [0.05, 0.1) is 0 Å². The zero-order valence-electron chi connectivity index (χ0n) is 15.5. The van der Waals surface area contributed by atoms with Crippen molar-refractivity contribution in [1.82, 2.24) is 0 Å². The van der Waals surface area contributed by atoms with E-state index in [9.17, 15) is 0 Å². The first kappa shape index (κ1) is 20.2. The van der Waals surface area contributed by atoms with Crippen LogP contribution in [0.1, 0.15) is 37.5 Å². The summed E-state index contributed by atoms with van der Waals surface area (Å²) in [5.74, 6) is 0. The van der Waals surface area contributed by atoms with E-state index in [-0.39, 0.29) is 5.41 Å². The van der Waals surface area contributed by atoms with Crippen LogP contribution in [0.2, 0.25) is 0 Å². The maximum atomic E-state index is 6.40. The van der Waals surface area contributed by atoms with Crippen molar-refractivity contribution in [2.45, 2.75) is 40.0 Å². The number of rotatable bonds is 1. The molecule has 0 aliphatic carbocycles. The van der Waals surface area contributed by atoms with Gasteiger partial charge in [0.15, 0.2) is 0 Å². The Bertz CT molecular complexity index is 818. The van der Waals surface area contributed by atoms with E-state index in [4.69, 9.17) is 54.9 Å². The first-order chi connectivity index (χ1) is 11.3. The molecule has 0 aliphatic heterocycles. The fourth-order valence-electron chi connectivity index (χ4n) is 3.30. The van der Waals surface area contributed by atoms with E-state index in [1.165, 1.54) is 0 Å². The Labute approximate surface area is 161 Å². The lowest BCUT2D eigenvalue weighted by molar-refractivity contribution is 0.598. The van der Waals surface area contributed by atoms with Gasteiger partial charge in [-0.3, -0.25) is 0 Å². The maximum absolute atomic E-state index is 6.40. The lowest BCUT2D eigenvalue weighted by atomic mass is 9.58. The molecule has 0 nitrogen and oxygen atoms in total. The van der Waals surface area contributed by atoms with Gasteiger partial charge in [-0.1, -0.05) is 64.8 Å². The smallest absolute Gasteiger partial charge is 0.101 e. The molecule has 0 unspecified atom stereocenters. The van der Waals surface area contributed by atoms with Crippen LogP contribution in [0.5, 0.6) is 0 Å². The summed E-state index contributed by atoms with van der Waals surface area (Å²) in [6, 6.07) is 0. The average Bonchev–Trinajstić information content (AvgIpc) is 2.51. The number of benzene rings is 2. The summed E-state index contributed by atoms with van der Waals surface area (Å²) in [5.41, 5.74) is 5.72. The molecule has 0 amide bonds. The van der Waals surface area contributed by atoms with Gasteiger partial charge in [0, 0.05) is 0 Å². The van der Waals surface area contributed by atoms with Crippen LogP contribution in [0.4, 0.5) is 0 Å². The molecule has 7 heteroatoms. The van der Waals surface area contributed by atoms with E-state index in [1.807, 2.05) is 27.7 Å². The third kappa shape index (κ3) is 3.09. The molecule has 0 fully saturated rings. The standard InChI is InChI=1S/C18H15B7/c1-6-8(9-15(23)12(20)7(2)13(21)16(9)24)14(22)17(25)10(11(6)19)18(3,4)5/h1-5H3. The van der Waals surface area contributed by atoms with Gasteiger partial charge in [-0.05, 0) is 30.4 Å². The summed E-state index contributed by atoms with van der Waals surface area (Å²) >= 11 is 0. The number of hydrogen-bond acceptors (Lipinski definition) is 0. The largest absolute Gasteiger partial charge is 0.114 e. The highest BCUT2D eigenvalue weighted by Gasteiger charge is 2.24. The predicted octanol–water partition coefficient (Wildman–Crippen LogP) is -3.18. The molecule has 0 saturated heterocycles. The van der Waals surface area contributed by atoms with Gasteiger partial charge in [0.25, 0.3) is 0 Å². The van der Waals surface area contributed by atoms with Gasteiger partial charge >= 0.3 is 0 Å². The van der Waals surface area contributed by atoms with E-state index in [0.29, 0.717) is 54.9 Å². The Hall–Kier alpha value is -1.11. The molecule has 2 rings (SSSR count). The molecule has 2 aromatic carbocycles. The van der Waals surface area contributed by atoms with Crippen LogP contribution in [-0.4, -0.2) is 54.9 Å². The minimum atomic E-state index is -0.270. The van der Waals surface area contributed by atoms with Crippen molar-refractivity contribution in [3.05, 3.63) is 16.7 Å². The third-order valence-corrected chi connectivity index (χ3v) is 4.80. The van der Waals surface area contributed by atoms with Gasteiger partial charge < -0.3 is 0 Å². The number of hydrogen-bond donors (Lipinski definition) is 0. The van der Waals surface area contributed by atoms with E-state index in [0.717, 1.165) is 11.1 Å². The Balaban J connectivity index is 3.03. The summed E-state index contributed by atoms with van der Waals surface area (Å²) < 4.78 is 0. The van der Waals surface area contributed by atoms with Crippen LogP contribution in [0, 0.1) is 13.8 Å². The molecule has 0 aliphatic rings. The van der Waals surface area contributed by atoms with Crippen LogP contribution < -0.4 is 38.2 Å². The molecule has 2 aromatic rings. The molecule has 0 saturated carbocycles. The summed E-state index contributed by atoms with van der Waals surface area (Å²) in [6.07, 6.45) is 0. The topological polar surface area (TPSA) is 0 Å². The van der Waals surface area contributed by atoms with E-state index in [2.05, 4.69) is 0 Å². The predicted molar refractivity (Wildman–Crippen MR) is 118 cm³/mol. The van der Waals surface area contributed by atoms with Gasteiger partial charge in [-0.15, -0.1) is 10.9 Å². The van der Waals surface area contributed by atoms with Gasteiger partial charge in [-0.25, -0.2) is 0 Å². The minimum absolute atomic E-state index is 0.270. The monoisotopic (exact) mass is 308 g/mol. The highest BCUT2D eigenvalue weighted by molar-refractivity contribution is 6.62. The Kier molecular flexibility index (Phi) is 5.31. The van der Waals surface area contributed by atoms with Crippen LogP contribution in [0.25, 0.3) is 11.1 Å². The van der Waals surface area contributed by atoms with Crippen LogP contribution >= 0.6 is 0 Å². The maximum Gasteiger partial charge on any atom is 0.114 e. The zero-order valence-corrected chi connectivity index (χ0v) is 15.5. The summed E-state index contributed by atoms with van der Waals surface area (Å²) in [5, 5.41) is 0. The van der Waals surface area contributed by atoms with Crippen molar-refractivity contribution in [1.29, 1.82) is 0 Å². The van der Waals surface area contributed by atoms with Crippen molar-refractivity contribution in [3.8, 4) is 11.1 Å². The molecular weight excluding hydrogens is 292 g/mol. The first-order valence-electron chi connectivity index (χ1n) is 8.02. The highest BCUT2D eigenvalue weighted by atomic mass is 14.3. The van der Waals surface area contributed by atoms with E-state index in [1.54, 1.807) is 6.92 Å². The van der Waals surface area contributed by atoms with Gasteiger partial charge in [0.1, 0.15) is 54.9 Å². The van der Waals surface area contributed by atoms with Gasteiger partial charge in [0.2, 0.25) is 0 Å². The van der Waals surface area contributed by atoms with Crippen LogP contribution in [0.15, 0.2) is 0 Å². The summed E-state index contributed by atoms with van der Waals surface area (Å²) in [4.78, 5) is 0. The fraction of sp³-hybridized carbons (Fsp3) is 0.333. The second-order valence-electron chi connectivity index (χ2n) is 7.52. The van der Waals surface area contributed by atoms with Crippen molar-refractivity contribution < 1.29 is 0 Å². The molecule has 0 bridgehead atoms. The second-order valence-corrected chi connectivity index (χ2v) is 7.52. The molecule has 0 spiro atoms. The van der Waals surface area contributed by atoms with Crippen molar-refractivity contribution in [3.63, 3.8) is 0 Å². The molecule has 0 N–H and O–H groups in total. The first-order valence-corrected chi connectivity index (χ1v) is 8.02. The lowest BCUT2D eigenvalue weighted by Gasteiger charge is -2.32. The van der Waals surface area contributed by atoms with E-state index < -0.39 is 0 Å². The van der Waals surface area contributed by atoms with Crippen molar-refractivity contribution in [2.24, 2.45) is 0 Å². The van der Waals surface area contributed by atoms with Gasteiger partial charge in [-0.2, -0.15) is 0 Å². The van der Waals surface area contributed by atoms with Crippen LogP contribution in [-0.2, 0) is 5.41 Å². The highest BCUT2D eigenvalue weighted by Crippen LogP contribution is 2.22. The van der Waals surface area contributed by atoms with Crippen LogP contribution in [0.3, 0.4) is 0 Å². The second kappa shape index (κ2) is 6.56. The summed E-state index contributed by atoms with van der Waals surface area (Å²) in [6.45, 7) is 9.71. The molecule has 25 heavy (non-hydrogen) atoms. The Morgan fingerprint density at radius 3 is 1.28 bits per heavy atom. The fourth-order valence-corrected chi connectivity index (χ4v) is 3.30. The quantitative estimate of drug-likeness (QED) is 0.488. The minimum Gasteiger partial charge on any atom is -0.101 e. The molecular formula is C18H15B7. The summed E-state index contributed by atoms with van der Waals surface area (Å²) in [7, 11) is 43.8. The van der Waals surface area contributed by atoms with Crippen molar-refractivity contribution >= 4 is 93.2 Å². The Morgan fingerprint density at radius 2 is 0.880 bits per heavy atom. The molecule has 108 valence electrons. The normalized spacial score (nSPS) is 11.7. The van der Waals surface area contributed by atoms with Crippen molar-refractivity contribution in [2.75, 3.05) is 0 Å². The zero-order chi connectivity index (χ0) is 19.4. The molecule has 0 heterocycles. The SMILES string of the molecule is [B]c1c([B])c(-c2c([B])c([B])c(C(C)(C)C)c([B])c2C)c([B])c([B])c1C. The van der Waals surface area contributed by atoms with E-state index >= 15 is 0 Å².